The van der Waals surface area contributed by atoms with E-state index >= 15 is 0 Å². The topological polar surface area (TPSA) is 32.6 Å². The Morgan fingerprint density at radius 2 is 1.95 bits per heavy atom. The number of aromatic nitrogens is 3. The lowest BCUT2D eigenvalue weighted by atomic mass is 10.2. The molecular formula is C16H15FN3+. The molecule has 0 bridgehead atoms. The molecule has 0 saturated heterocycles. The van der Waals surface area contributed by atoms with E-state index in [2.05, 4.69) is 9.97 Å². The van der Waals surface area contributed by atoms with Crippen molar-refractivity contribution in [1.82, 2.24) is 9.97 Å². The fourth-order valence-electron chi connectivity index (χ4n) is 2.25. The third kappa shape index (κ3) is 2.20. The van der Waals surface area contributed by atoms with Gasteiger partial charge in [0, 0.05) is 11.8 Å². The summed E-state index contributed by atoms with van der Waals surface area (Å²) in [6, 6.07) is 10.6. The van der Waals surface area contributed by atoms with E-state index in [0.29, 0.717) is 11.4 Å². The summed E-state index contributed by atoms with van der Waals surface area (Å²) < 4.78 is 15.8. The van der Waals surface area contributed by atoms with E-state index in [1.54, 1.807) is 18.2 Å². The van der Waals surface area contributed by atoms with Crippen LogP contribution in [0.4, 0.5) is 4.39 Å². The molecule has 1 N–H and O–H groups in total. The molecule has 3 nitrogen and oxygen atoms in total. The molecule has 0 aliphatic rings. The molecule has 2 aromatic heterocycles. The number of H-pyrrole nitrogens is 1. The zero-order chi connectivity index (χ0) is 14.1. The van der Waals surface area contributed by atoms with Gasteiger partial charge >= 0.3 is 0 Å². The van der Waals surface area contributed by atoms with Gasteiger partial charge in [-0.15, -0.1) is 0 Å². The molecule has 0 unspecified atom stereocenters. The minimum atomic E-state index is -0.272. The molecule has 0 atom stereocenters. The molecular weight excluding hydrogens is 253 g/mol. The van der Waals surface area contributed by atoms with Crippen molar-refractivity contribution >= 4 is 0 Å². The molecule has 0 radical (unpaired) electrons. The van der Waals surface area contributed by atoms with Gasteiger partial charge in [-0.05, 0) is 25.1 Å². The van der Waals surface area contributed by atoms with Crippen molar-refractivity contribution in [2.45, 2.75) is 6.92 Å². The first-order chi connectivity index (χ1) is 9.65. The molecule has 0 spiro atoms. The van der Waals surface area contributed by atoms with Gasteiger partial charge in [-0.2, -0.15) is 0 Å². The van der Waals surface area contributed by atoms with Gasteiger partial charge in [0.25, 0.3) is 0 Å². The molecule has 2 heterocycles. The van der Waals surface area contributed by atoms with Crippen LogP contribution in [0.5, 0.6) is 0 Å². The molecule has 0 fully saturated rings. The van der Waals surface area contributed by atoms with Crippen molar-refractivity contribution in [2.75, 3.05) is 0 Å². The van der Waals surface area contributed by atoms with Crippen molar-refractivity contribution in [2.24, 2.45) is 7.05 Å². The van der Waals surface area contributed by atoms with Gasteiger partial charge in [-0.1, -0.05) is 12.1 Å². The number of benzene rings is 1. The molecule has 4 heteroatoms. The largest absolute Gasteiger partial charge is 0.341 e. The van der Waals surface area contributed by atoms with E-state index in [1.807, 2.05) is 43.1 Å². The average molecular weight is 268 g/mol. The highest BCUT2D eigenvalue weighted by Gasteiger charge is 2.14. The number of aromatic amines is 1. The Balaban J connectivity index is 2.10. The first-order valence-corrected chi connectivity index (χ1v) is 6.42. The molecule has 0 aliphatic heterocycles. The summed E-state index contributed by atoms with van der Waals surface area (Å²) in [6.07, 6.45) is 3.96. The lowest BCUT2D eigenvalue weighted by molar-refractivity contribution is -0.671. The number of halogens is 1. The maximum atomic E-state index is 13.8. The number of pyridine rings is 1. The van der Waals surface area contributed by atoms with E-state index in [9.17, 15) is 4.39 Å². The summed E-state index contributed by atoms with van der Waals surface area (Å²) in [4.78, 5) is 7.70. The van der Waals surface area contributed by atoms with Crippen molar-refractivity contribution in [3.63, 3.8) is 0 Å². The molecule has 1 aromatic carbocycles. The highest BCUT2D eigenvalue weighted by atomic mass is 19.1. The molecule has 3 rings (SSSR count). The second kappa shape index (κ2) is 4.89. The Morgan fingerprint density at radius 3 is 2.70 bits per heavy atom. The van der Waals surface area contributed by atoms with Gasteiger partial charge in [-0.3, -0.25) is 0 Å². The zero-order valence-electron chi connectivity index (χ0n) is 11.4. The van der Waals surface area contributed by atoms with Crippen LogP contribution in [-0.2, 0) is 7.05 Å². The lowest BCUT2D eigenvalue weighted by Gasteiger charge is -1.97. The third-order valence-electron chi connectivity index (χ3n) is 3.23. The highest BCUT2D eigenvalue weighted by Crippen LogP contribution is 2.26. The van der Waals surface area contributed by atoms with E-state index in [-0.39, 0.29) is 5.82 Å². The lowest BCUT2D eigenvalue weighted by Crippen LogP contribution is -2.26. The fraction of sp³-hybridized carbons (Fsp3) is 0.125. The summed E-state index contributed by atoms with van der Waals surface area (Å²) in [5.41, 5.74) is 3.27. The van der Waals surface area contributed by atoms with Crippen LogP contribution >= 0.6 is 0 Å². The molecule has 100 valence electrons. The smallest absolute Gasteiger partial charge is 0.178 e. The predicted octanol–water partition coefficient (Wildman–Crippen LogP) is 3.02. The van der Waals surface area contributed by atoms with E-state index < -0.39 is 0 Å². The Hall–Kier alpha value is -2.49. The molecule has 20 heavy (non-hydrogen) atoms. The van der Waals surface area contributed by atoms with Gasteiger partial charge in [0.15, 0.2) is 12.4 Å². The van der Waals surface area contributed by atoms with Crippen LogP contribution in [0.25, 0.3) is 22.6 Å². The zero-order valence-corrected chi connectivity index (χ0v) is 11.4. The van der Waals surface area contributed by atoms with E-state index in [0.717, 1.165) is 17.0 Å². The van der Waals surface area contributed by atoms with Crippen molar-refractivity contribution in [3.8, 4) is 22.6 Å². The summed E-state index contributed by atoms with van der Waals surface area (Å²) in [5, 5.41) is 0. The van der Waals surface area contributed by atoms with Crippen LogP contribution in [-0.4, -0.2) is 9.97 Å². The standard InChI is InChI=1S/C16H15FN3/c1-11-15(12-6-5-9-20(2)10-12)19-16(18-11)13-7-3-4-8-14(13)17/h3-10H,1-2H3,(H,18,19)/q+1. The first kappa shape index (κ1) is 12.5. The fourth-order valence-corrected chi connectivity index (χ4v) is 2.25. The van der Waals surface area contributed by atoms with Gasteiger partial charge in [0.05, 0.1) is 16.8 Å². The van der Waals surface area contributed by atoms with Crippen LogP contribution in [0.1, 0.15) is 5.69 Å². The highest BCUT2D eigenvalue weighted by molar-refractivity contribution is 5.66. The number of hydrogen-bond donors (Lipinski definition) is 1. The van der Waals surface area contributed by atoms with Crippen molar-refractivity contribution < 1.29 is 8.96 Å². The van der Waals surface area contributed by atoms with Gasteiger partial charge in [0.2, 0.25) is 0 Å². The van der Waals surface area contributed by atoms with E-state index in [1.165, 1.54) is 6.07 Å². The predicted molar refractivity (Wildman–Crippen MR) is 75.3 cm³/mol. The van der Waals surface area contributed by atoms with Crippen LogP contribution in [0, 0.1) is 12.7 Å². The molecule has 3 aromatic rings. The average Bonchev–Trinajstić information content (AvgIpc) is 2.81. The summed E-state index contributed by atoms with van der Waals surface area (Å²) in [7, 11) is 1.96. The third-order valence-corrected chi connectivity index (χ3v) is 3.23. The number of imidazole rings is 1. The first-order valence-electron chi connectivity index (χ1n) is 6.42. The van der Waals surface area contributed by atoms with Crippen LogP contribution in [0.2, 0.25) is 0 Å². The van der Waals surface area contributed by atoms with Gasteiger partial charge < -0.3 is 4.98 Å². The van der Waals surface area contributed by atoms with Gasteiger partial charge in [-0.25, -0.2) is 13.9 Å². The molecule has 0 saturated carbocycles. The van der Waals surface area contributed by atoms with Crippen molar-refractivity contribution in [3.05, 3.63) is 60.3 Å². The van der Waals surface area contributed by atoms with Crippen molar-refractivity contribution in [1.29, 1.82) is 0 Å². The summed E-state index contributed by atoms with van der Waals surface area (Å²) in [5.74, 6) is 0.286. The molecule has 0 amide bonds. The number of rotatable bonds is 2. The molecule has 0 aliphatic carbocycles. The maximum Gasteiger partial charge on any atom is 0.178 e. The number of hydrogen-bond acceptors (Lipinski definition) is 1. The quantitative estimate of drug-likeness (QED) is 0.712. The number of nitrogens with zero attached hydrogens (tertiary/aromatic N) is 2. The second-order valence-electron chi connectivity index (χ2n) is 4.80. The SMILES string of the molecule is Cc1[nH]c(-c2ccccc2F)nc1-c1ccc[n+](C)c1. The Bertz CT molecular complexity index is 762. The normalized spacial score (nSPS) is 10.8. The minimum Gasteiger partial charge on any atom is -0.341 e. The van der Waals surface area contributed by atoms with Gasteiger partial charge in [0.1, 0.15) is 18.7 Å². The van der Waals surface area contributed by atoms with Crippen LogP contribution in [0.3, 0.4) is 0 Å². The minimum absolute atomic E-state index is 0.272. The Morgan fingerprint density at radius 1 is 1.15 bits per heavy atom. The summed E-state index contributed by atoms with van der Waals surface area (Å²) in [6.45, 7) is 1.94. The van der Waals surface area contributed by atoms with E-state index in [4.69, 9.17) is 0 Å². The van der Waals surface area contributed by atoms with Crippen LogP contribution < -0.4 is 4.57 Å². The van der Waals surface area contributed by atoms with Crippen LogP contribution in [0.15, 0.2) is 48.8 Å². The second-order valence-corrected chi connectivity index (χ2v) is 4.80. The maximum absolute atomic E-state index is 13.8. The summed E-state index contributed by atoms with van der Waals surface area (Å²) >= 11 is 0. The number of nitrogens with one attached hydrogen (secondary N) is 1. The Labute approximate surface area is 116 Å². The number of aryl methyl sites for hydroxylation is 2. The Kier molecular flexibility index (Phi) is 3.06. The monoisotopic (exact) mass is 268 g/mol.